The molecule has 3 aliphatic rings. The molecule has 7 heteroatoms. The summed E-state index contributed by atoms with van der Waals surface area (Å²) < 4.78 is 27.8. The van der Waals surface area contributed by atoms with Crippen molar-refractivity contribution < 1.29 is 13.2 Å². The monoisotopic (exact) mass is 363 g/mol. The number of carbonyl (C=O) groups excluding carboxylic acids is 1. The number of hydrogen-bond acceptors (Lipinski definition) is 4. The van der Waals surface area contributed by atoms with Gasteiger partial charge in [0.1, 0.15) is 0 Å². The van der Waals surface area contributed by atoms with Crippen LogP contribution >= 0.6 is 0 Å². The Morgan fingerprint density at radius 1 is 1.24 bits per heavy atom. The van der Waals surface area contributed by atoms with Gasteiger partial charge in [-0.15, -0.1) is 0 Å². The minimum absolute atomic E-state index is 0.0443. The summed E-state index contributed by atoms with van der Waals surface area (Å²) in [6.07, 6.45) is 3.80. The van der Waals surface area contributed by atoms with Crippen molar-refractivity contribution in [2.45, 2.75) is 43.5 Å². The zero-order chi connectivity index (χ0) is 17.8. The lowest BCUT2D eigenvalue weighted by atomic mass is 9.98. The second-order valence-electron chi connectivity index (χ2n) is 7.55. The van der Waals surface area contributed by atoms with E-state index in [1.165, 1.54) is 6.92 Å². The van der Waals surface area contributed by atoms with Crippen molar-refractivity contribution in [1.29, 1.82) is 0 Å². The number of amides is 1. The topological polar surface area (TPSA) is 83.7 Å². The first-order chi connectivity index (χ1) is 11.9. The van der Waals surface area contributed by atoms with Crippen LogP contribution in [-0.2, 0) is 21.2 Å². The number of fused-ring (bicyclic) bond motifs is 2. The highest BCUT2D eigenvalue weighted by Crippen LogP contribution is 2.40. The maximum absolute atomic E-state index is 13.1. The predicted octanol–water partition coefficient (Wildman–Crippen LogP) is 1.34. The third-order valence-electron chi connectivity index (χ3n) is 6.07. The first-order valence-electron chi connectivity index (χ1n) is 9.04. The molecule has 2 fully saturated rings. The Labute approximate surface area is 149 Å². The molecule has 0 spiro atoms. The van der Waals surface area contributed by atoms with Crippen LogP contribution in [-0.4, -0.2) is 44.3 Å². The molecule has 2 heterocycles. The molecule has 25 heavy (non-hydrogen) atoms. The summed E-state index contributed by atoms with van der Waals surface area (Å²) in [6, 6.07) is 5.34. The molecule has 3 unspecified atom stereocenters. The first kappa shape index (κ1) is 17.0. The average Bonchev–Trinajstić information content (AvgIpc) is 3.16. The van der Waals surface area contributed by atoms with E-state index in [0.717, 1.165) is 36.9 Å². The Kier molecular flexibility index (Phi) is 4.13. The summed E-state index contributed by atoms with van der Waals surface area (Å²) >= 11 is 0. The molecule has 4 rings (SSSR count). The van der Waals surface area contributed by atoms with Crippen molar-refractivity contribution in [3.63, 3.8) is 0 Å². The van der Waals surface area contributed by atoms with Crippen LogP contribution in [0.25, 0.3) is 0 Å². The average molecular weight is 363 g/mol. The molecular formula is C18H25N3O3S. The Hall–Kier alpha value is -1.44. The second-order valence-corrected chi connectivity index (χ2v) is 9.49. The van der Waals surface area contributed by atoms with Crippen molar-refractivity contribution in [2.75, 3.05) is 24.5 Å². The van der Waals surface area contributed by atoms with Crippen LogP contribution in [0.3, 0.4) is 0 Å². The quantitative estimate of drug-likeness (QED) is 0.859. The molecule has 136 valence electrons. The van der Waals surface area contributed by atoms with Gasteiger partial charge in [-0.1, -0.05) is 6.07 Å². The second kappa shape index (κ2) is 6.07. The lowest BCUT2D eigenvalue weighted by molar-refractivity contribution is -0.116. The summed E-state index contributed by atoms with van der Waals surface area (Å²) in [5.41, 5.74) is 7.93. The summed E-state index contributed by atoms with van der Waals surface area (Å²) in [7, 11) is -3.55. The Morgan fingerprint density at radius 3 is 2.76 bits per heavy atom. The molecule has 0 radical (unpaired) electrons. The van der Waals surface area contributed by atoms with Crippen LogP contribution in [0.15, 0.2) is 23.1 Å². The van der Waals surface area contributed by atoms with Crippen LogP contribution in [0.5, 0.6) is 0 Å². The number of carbonyl (C=O) groups is 1. The van der Waals surface area contributed by atoms with Crippen molar-refractivity contribution >= 4 is 21.6 Å². The standard InChI is InChI=1S/C18H25N3O3S/c1-12(22)21-8-2-3-13-4-6-15(9-18(13)21)25(23,24)20-10-14-5-7-17(19)16(14)11-20/h4,6,9,14,16-17H,2-3,5,7-8,10-11,19H2,1H3. The highest BCUT2D eigenvalue weighted by molar-refractivity contribution is 7.89. The van der Waals surface area contributed by atoms with Crippen LogP contribution in [0.2, 0.25) is 0 Å². The molecule has 1 amide bonds. The molecule has 1 aromatic rings. The van der Waals surface area contributed by atoms with Crippen LogP contribution in [0.1, 0.15) is 31.7 Å². The molecular weight excluding hydrogens is 338 g/mol. The third kappa shape index (κ3) is 2.78. The fourth-order valence-electron chi connectivity index (χ4n) is 4.65. The number of benzene rings is 1. The van der Waals surface area contributed by atoms with Gasteiger partial charge < -0.3 is 10.6 Å². The number of rotatable bonds is 2. The fraction of sp³-hybridized carbons (Fsp3) is 0.611. The van der Waals surface area contributed by atoms with E-state index in [1.807, 2.05) is 6.07 Å². The van der Waals surface area contributed by atoms with Gasteiger partial charge >= 0.3 is 0 Å². The number of aryl methyl sites for hydroxylation is 1. The van der Waals surface area contributed by atoms with Crippen LogP contribution in [0, 0.1) is 11.8 Å². The zero-order valence-corrected chi connectivity index (χ0v) is 15.3. The molecule has 3 atom stereocenters. The molecule has 2 N–H and O–H groups in total. The number of hydrogen-bond donors (Lipinski definition) is 1. The number of sulfonamides is 1. The maximum atomic E-state index is 13.1. The minimum Gasteiger partial charge on any atom is -0.327 e. The SMILES string of the molecule is CC(=O)N1CCCc2ccc(S(=O)(=O)N3CC4CCC(N)C4C3)cc21. The van der Waals surface area contributed by atoms with Gasteiger partial charge in [-0.05, 0) is 55.2 Å². The number of anilines is 1. The van der Waals surface area contributed by atoms with Gasteiger partial charge in [0.05, 0.1) is 4.90 Å². The Balaban J connectivity index is 1.65. The van der Waals surface area contributed by atoms with Gasteiger partial charge in [0, 0.05) is 38.3 Å². The number of nitrogens with two attached hydrogens (primary N) is 1. The summed E-state index contributed by atoms with van der Waals surface area (Å²) in [4.78, 5) is 13.9. The van der Waals surface area contributed by atoms with Crippen LogP contribution < -0.4 is 10.6 Å². The van der Waals surface area contributed by atoms with Crippen LogP contribution in [0.4, 0.5) is 5.69 Å². The van der Waals surface area contributed by atoms with E-state index in [1.54, 1.807) is 21.3 Å². The van der Waals surface area contributed by atoms with E-state index >= 15 is 0 Å². The summed E-state index contributed by atoms with van der Waals surface area (Å²) in [5, 5.41) is 0. The van der Waals surface area contributed by atoms with Gasteiger partial charge in [0.15, 0.2) is 0 Å². The van der Waals surface area contributed by atoms with Crippen molar-refractivity contribution in [1.82, 2.24) is 4.31 Å². The van der Waals surface area contributed by atoms with Crippen molar-refractivity contribution in [3.05, 3.63) is 23.8 Å². The van der Waals surface area contributed by atoms with Gasteiger partial charge in [0.2, 0.25) is 15.9 Å². The van der Waals surface area contributed by atoms with Gasteiger partial charge in [-0.2, -0.15) is 4.31 Å². The maximum Gasteiger partial charge on any atom is 0.243 e. The first-order valence-corrected chi connectivity index (χ1v) is 10.5. The van der Waals surface area contributed by atoms with Gasteiger partial charge in [-0.25, -0.2) is 8.42 Å². The van der Waals surface area contributed by atoms with Gasteiger partial charge in [0.25, 0.3) is 0 Å². The molecule has 2 aliphatic heterocycles. The highest BCUT2D eigenvalue weighted by atomic mass is 32.2. The van der Waals surface area contributed by atoms with E-state index in [2.05, 4.69) is 0 Å². The van der Waals surface area contributed by atoms with E-state index in [-0.39, 0.29) is 22.8 Å². The molecule has 1 aliphatic carbocycles. The van der Waals surface area contributed by atoms with Gasteiger partial charge in [-0.3, -0.25) is 4.79 Å². The Bertz CT molecular complexity index is 808. The smallest absolute Gasteiger partial charge is 0.243 e. The summed E-state index contributed by atoms with van der Waals surface area (Å²) in [5.74, 6) is 0.620. The largest absolute Gasteiger partial charge is 0.327 e. The van der Waals surface area contributed by atoms with E-state index in [4.69, 9.17) is 5.73 Å². The summed E-state index contributed by atoms with van der Waals surface area (Å²) in [6.45, 7) is 3.25. The van der Waals surface area contributed by atoms with E-state index in [0.29, 0.717) is 25.6 Å². The third-order valence-corrected chi connectivity index (χ3v) is 7.90. The molecule has 0 aromatic heterocycles. The molecule has 1 saturated heterocycles. The van der Waals surface area contributed by atoms with Crippen molar-refractivity contribution in [2.24, 2.45) is 17.6 Å². The predicted molar refractivity (Wildman–Crippen MR) is 95.7 cm³/mol. The highest BCUT2D eigenvalue weighted by Gasteiger charge is 2.45. The molecule has 1 saturated carbocycles. The lowest BCUT2D eigenvalue weighted by Gasteiger charge is -2.29. The lowest BCUT2D eigenvalue weighted by Crippen LogP contribution is -2.35. The normalized spacial score (nSPS) is 29.5. The molecule has 0 bridgehead atoms. The van der Waals surface area contributed by atoms with E-state index < -0.39 is 10.0 Å². The molecule has 6 nitrogen and oxygen atoms in total. The number of nitrogens with zero attached hydrogens (tertiary/aromatic N) is 2. The molecule has 1 aromatic carbocycles. The Morgan fingerprint density at radius 2 is 2.04 bits per heavy atom. The fourth-order valence-corrected chi connectivity index (χ4v) is 6.21. The van der Waals surface area contributed by atoms with Crippen molar-refractivity contribution in [3.8, 4) is 0 Å². The van der Waals surface area contributed by atoms with E-state index in [9.17, 15) is 13.2 Å². The zero-order valence-electron chi connectivity index (χ0n) is 14.5. The minimum atomic E-state index is -3.55.